The Labute approximate surface area is 184 Å². The van der Waals surface area contributed by atoms with Crippen molar-refractivity contribution in [2.75, 3.05) is 7.11 Å². The lowest BCUT2D eigenvalue weighted by molar-refractivity contribution is 0.109. The highest BCUT2D eigenvalue weighted by molar-refractivity contribution is 9.10. The van der Waals surface area contributed by atoms with Crippen molar-refractivity contribution in [1.29, 1.82) is 0 Å². The van der Waals surface area contributed by atoms with E-state index in [9.17, 15) is 0 Å². The molecule has 4 nitrogen and oxygen atoms in total. The molecule has 1 aliphatic rings. The largest absolute Gasteiger partial charge is 0.497 e. The van der Waals surface area contributed by atoms with E-state index in [2.05, 4.69) is 97.6 Å². The van der Waals surface area contributed by atoms with Crippen LogP contribution in [-0.2, 0) is 26.2 Å². The van der Waals surface area contributed by atoms with Crippen molar-refractivity contribution >= 4 is 15.9 Å². The number of nitrogens with zero attached hydrogens (tertiary/aromatic N) is 3. The van der Waals surface area contributed by atoms with Gasteiger partial charge in [-0.1, -0.05) is 22.0 Å². The molecule has 0 radical (unpaired) electrons. The van der Waals surface area contributed by atoms with E-state index in [-0.39, 0.29) is 11.1 Å². The molecule has 1 aliphatic heterocycles. The van der Waals surface area contributed by atoms with Gasteiger partial charge in [0.25, 0.3) is 0 Å². The van der Waals surface area contributed by atoms with Gasteiger partial charge in [0.2, 0.25) is 0 Å². The smallest absolute Gasteiger partial charge is 0.119 e. The molecule has 0 fully saturated rings. The van der Waals surface area contributed by atoms with Crippen LogP contribution in [0.1, 0.15) is 64.1 Å². The van der Waals surface area contributed by atoms with Crippen LogP contribution in [0.4, 0.5) is 0 Å². The molecule has 0 atom stereocenters. The Morgan fingerprint density at radius 2 is 1.28 bits per heavy atom. The minimum absolute atomic E-state index is 0.0158. The second-order valence-electron chi connectivity index (χ2n) is 9.93. The number of benzene rings is 1. The topological polar surface area (TPSA) is 28.6 Å². The summed E-state index contributed by atoms with van der Waals surface area (Å²) in [6, 6.07) is 10.7. The van der Waals surface area contributed by atoms with E-state index in [1.807, 2.05) is 0 Å². The Morgan fingerprint density at radius 3 is 1.66 bits per heavy atom. The van der Waals surface area contributed by atoms with E-state index in [0.717, 1.165) is 43.3 Å². The van der Waals surface area contributed by atoms with Crippen LogP contribution in [0.3, 0.4) is 0 Å². The molecule has 5 heteroatoms. The molecular formula is C24H34BrN3O. The average molecular weight is 460 g/mol. The van der Waals surface area contributed by atoms with Crippen molar-refractivity contribution in [3.63, 3.8) is 0 Å². The molecule has 4 bridgehead atoms. The molecule has 0 aliphatic carbocycles. The molecule has 0 unspecified atom stereocenters. The van der Waals surface area contributed by atoms with Crippen LogP contribution >= 0.6 is 15.9 Å². The molecule has 0 N–H and O–H groups in total. The Bertz CT molecular complexity index is 805. The normalized spacial score (nSPS) is 16.8. The number of pyridine rings is 1. The first kappa shape index (κ1) is 22.3. The van der Waals surface area contributed by atoms with E-state index >= 15 is 0 Å². The minimum Gasteiger partial charge on any atom is -0.497 e. The quantitative estimate of drug-likeness (QED) is 0.541. The van der Waals surface area contributed by atoms with E-state index in [0.29, 0.717) is 0 Å². The van der Waals surface area contributed by atoms with E-state index in [1.54, 1.807) is 7.11 Å². The average Bonchev–Trinajstić information content (AvgIpc) is 2.61. The number of methoxy groups -OCH3 is 1. The van der Waals surface area contributed by atoms with Crippen LogP contribution in [0.25, 0.3) is 0 Å². The Morgan fingerprint density at radius 1 is 0.828 bits per heavy atom. The predicted octanol–water partition coefficient (Wildman–Crippen LogP) is 5.77. The monoisotopic (exact) mass is 459 g/mol. The summed E-state index contributed by atoms with van der Waals surface area (Å²) in [5.74, 6) is 0.912. The SMILES string of the molecule is COc1cc2c(Br)c(c1)CN(C(C)(C)C)Cc1cccc(n1)CN(C(C)(C)C)C2. The highest BCUT2D eigenvalue weighted by Gasteiger charge is 2.27. The number of ether oxygens (including phenoxy) is 1. The van der Waals surface area contributed by atoms with Gasteiger partial charge < -0.3 is 4.74 Å². The Kier molecular flexibility index (Phi) is 6.42. The highest BCUT2D eigenvalue weighted by atomic mass is 79.9. The highest BCUT2D eigenvalue weighted by Crippen LogP contribution is 2.33. The van der Waals surface area contributed by atoms with Crippen molar-refractivity contribution in [3.05, 3.63) is 57.3 Å². The summed E-state index contributed by atoms with van der Waals surface area (Å²) < 4.78 is 6.84. The zero-order valence-corrected chi connectivity index (χ0v) is 20.4. The summed E-state index contributed by atoms with van der Waals surface area (Å²) in [6.07, 6.45) is 0. The summed E-state index contributed by atoms with van der Waals surface area (Å²) in [4.78, 5) is 9.96. The maximum Gasteiger partial charge on any atom is 0.119 e. The van der Waals surface area contributed by atoms with Crippen LogP contribution in [0.5, 0.6) is 5.75 Å². The number of halogens is 1. The fraction of sp³-hybridized carbons (Fsp3) is 0.542. The lowest BCUT2D eigenvalue weighted by Crippen LogP contribution is -2.42. The summed E-state index contributed by atoms with van der Waals surface area (Å²) in [6.45, 7) is 16.9. The Hall–Kier alpha value is -1.43. The summed E-state index contributed by atoms with van der Waals surface area (Å²) in [5, 5.41) is 0. The number of aromatic nitrogens is 1. The van der Waals surface area contributed by atoms with Crippen molar-refractivity contribution < 1.29 is 4.74 Å². The van der Waals surface area contributed by atoms with Gasteiger partial charge in [-0.3, -0.25) is 14.8 Å². The molecule has 1 aromatic carbocycles. The van der Waals surface area contributed by atoms with Crippen molar-refractivity contribution in [1.82, 2.24) is 14.8 Å². The number of hydrogen-bond donors (Lipinski definition) is 0. The molecule has 3 rings (SSSR count). The van der Waals surface area contributed by atoms with Gasteiger partial charge >= 0.3 is 0 Å². The second-order valence-corrected chi connectivity index (χ2v) is 10.7. The third-order valence-corrected chi connectivity index (χ3v) is 6.64. The first-order chi connectivity index (χ1) is 13.5. The molecule has 0 saturated heterocycles. The van der Waals surface area contributed by atoms with Crippen molar-refractivity contribution in [2.24, 2.45) is 0 Å². The van der Waals surface area contributed by atoms with Crippen molar-refractivity contribution in [3.8, 4) is 5.75 Å². The maximum atomic E-state index is 5.66. The first-order valence-corrected chi connectivity index (χ1v) is 11.1. The van der Waals surface area contributed by atoms with Crippen molar-refractivity contribution in [2.45, 2.75) is 78.8 Å². The zero-order chi connectivity index (χ0) is 21.4. The van der Waals surface area contributed by atoms with E-state index in [4.69, 9.17) is 9.72 Å². The van der Waals surface area contributed by atoms with Gasteiger partial charge in [-0.05, 0) is 76.9 Å². The molecule has 2 aromatic rings. The van der Waals surface area contributed by atoms with Crippen LogP contribution < -0.4 is 4.74 Å². The molecule has 1 aromatic heterocycles. The van der Waals surface area contributed by atoms with Gasteiger partial charge in [-0.15, -0.1) is 0 Å². The minimum atomic E-state index is 0.0158. The van der Waals surface area contributed by atoms with Crippen LogP contribution in [0.2, 0.25) is 0 Å². The van der Waals surface area contributed by atoms with Crippen LogP contribution in [0, 0.1) is 0 Å². The third-order valence-electron chi connectivity index (χ3n) is 5.62. The van der Waals surface area contributed by atoms with E-state index < -0.39 is 0 Å². The number of rotatable bonds is 1. The number of fused-ring (bicyclic) bond motifs is 4. The molecule has 0 saturated carbocycles. The summed E-state index contributed by atoms with van der Waals surface area (Å²) >= 11 is 3.93. The van der Waals surface area contributed by atoms with Gasteiger partial charge in [0.15, 0.2) is 0 Å². The first-order valence-electron chi connectivity index (χ1n) is 10.3. The van der Waals surface area contributed by atoms with E-state index in [1.165, 1.54) is 15.6 Å². The lowest BCUT2D eigenvalue weighted by atomic mass is 10.00. The predicted molar refractivity (Wildman–Crippen MR) is 123 cm³/mol. The van der Waals surface area contributed by atoms with Crippen LogP contribution in [0.15, 0.2) is 34.8 Å². The van der Waals surface area contributed by atoms with Gasteiger partial charge in [-0.25, -0.2) is 0 Å². The lowest BCUT2D eigenvalue weighted by Gasteiger charge is -2.38. The van der Waals surface area contributed by atoms with Crippen LogP contribution in [-0.4, -0.2) is 33.0 Å². The standard InChI is InChI=1S/C24H34BrN3O/c1-23(2,3)27-13-17-11-21(29-7)12-18(22(17)25)14-28(24(4,5)6)16-20-10-8-9-19(15-27)26-20/h8-12H,13-16H2,1-7H3. The molecule has 0 amide bonds. The van der Waals surface area contributed by atoms with Gasteiger partial charge in [-0.2, -0.15) is 0 Å². The number of hydrogen-bond acceptors (Lipinski definition) is 4. The van der Waals surface area contributed by atoms with Gasteiger partial charge in [0, 0.05) is 41.7 Å². The fourth-order valence-electron chi connectivity index (χ4n) is 3.63. The maximum absolute atomic E-state index is 5.66. The Balaban J connectivity index is 2.16. The molecule has 2 heterocycles. The summed E-state index contributed by atoms with van der Waals surface area (Å²) in [7, 11) is 1.75. The summed E-state index contributed by atoms with van der Waals surface area (Å²) in [5.41, 5.74) is 4.76. The van der Waals surface area contributed by atoms with Gasteiger partial charge in [0.1, 0.15) is 5.75 Å². The molecule has 29 heavy (non-hydrogen) atoms. The third kappa shape index (κ3) is 5.39. The second kappa shape index (κ2) is 8.37. The molecule has 158 valence electrons. The molecule has 0 spiro atoms. The van der Waals surface area contributed by atoms with Gasteiger partial charge in [0.05, 0.1) is 18.5 Å². The fourth-order valence-corrected chi connectivity index (χ4v) is 4.11. The molecular weight excluding hydrogens is 426 g/mol. The zero-order valence-electron chi connectivity index (χ0n) is 18.8.